The molecule has 2 heterocycles. The van der Waals surface area contributed by atoms with Crippen LogP contribution in [0.1, 0.15) is 18.6 Å². The van der Waals surface area contributed by atoms with Crippen LogP contribution in [0.5, 0.6) is 0 Å². The van der Waals surface area contributed by atoms with Gasteiger partial charge in [-0.15, -0.1) is 0 Å². The van der Waals surface area contributed by atoms with Crippen LogP contribution in [0.15, 0.2) is 70.2 Å². The van der Waals surface area contributed by atoms with Crippen molar-refractivity contribution in [1.82, 2.24) is 9.62 Å². The second-order valence-corrected chi connectivity index (χ2v) is 8.47. The normalized spacial score (nSPS) is 18.0. The fraction of sp³-hybridized carbons (Fsp3) is 0.250. The van der Waals surface area contributed by atoms with Crippen molar-refractivity contribution in [3.05, 3.63) is 66.6 Å². The predicted molar refractivity (Wildman–Crippen MR) is 101 cm³/mol. The van der Waals surface area contributed by atoms with E-state index in [9.17, 15) is 13.2 Å². The van der Waals surface area contributed by atoms with Gasteiger partial charge in [0.2, 0.25) is 15.9 Å². The van der Waals surface area contributed by atoms with Gasteiger partial charge in [-0.25, -0.2) is 8.42 Å². The molecular formula is C20H20N2O4S. The first kappa shape index (κ1) is 17.8. The topological polar surface area (TPSA) is 79.6 Å². The second-order valence-electron chi connectivity index (χ2n) is 6.58. The zero-order valence-electron chi connectivity index (χ0n) is 14.7. The van der Waals surface area contributed by atoms with Crippen molar-refractivity contribution in [2.75, 3.05) is 6.54 Å². The Morgan fingerprint density at radius 3 is 2.70 bits per heavy atom. The van der Waals surface area contributed by atoms with E-state index in [0.717, 1.165) is 10.8 Å². The van der Waals surface area contributed by atoms with Crippen molar-refractivity contribution in [2.45, 2.75) is 30.3 Å². The van der Waals surface area contributed by atoms with E-state index in [-0.39, 0.29) is 17.3 Å². The number of furan rings is 1. The molecule has 140 valence electrons. The van der Waals surface area contributed by atoms with Gasteiger partial charge in [-0.2, -0.15) is 4.31 Å². The molecule has 1 saturated heterocycles. The van der Waals surface area contributed by atoms with E-state index in [1.807, 2.05) is 24.3 Å². The Hall–Kier alpha value is -2.64. The maximum Gasteiger partial charge on any atom is 0.243 e. The number of benzene rings is 2. The van der Waals surface area contributed by atoms with Gasteiger partial charge in [0.15, 0.2) is 0 Å². The van der Waals surface area contributed by atoms with Gasteiger partial charge in [0.25, 0.3) is 0 Å². The highest BCUT2D eigenvalue weighted by atomic mass is 32.2. The number of hydrogen-bond acceptors (Lipinski definition) is 4. The summed E-state index contributed by atoms with van der Waals surface area (Å²) >= 11 is 0. The molecule has 1 aliphatic heterocycles. The van der Waals surface area contributed by atoms with Gasteiger partial charge >= 0.3 is 0 Å². The molecule has 27 heavy (non-hydrogen) atoms. The van der Waals surface area contributed by atoms with Crippen LogP contribution in [0.25, 0.3) is 10.8 Å². The number of nitrogens with zero attached hydrogens (tertiary/aromatic N) is 1. The van der Waals surface area contributed by atoms with Gasteiger partial charge in [-0.3, -0.25) is 4.79 Å². The van der Waals surface area contributed by atoms with Crippen LogP contribution in [0.4, 0.5) is 0 Å². The zero-order valence-corrected chi connectivity index (χ0v) is 15.5. The van der Waals surface area contributed by atoms with Crippen molar-refractivity contribution >= 4 is 26.7 Å². The Bertz CT molecular complexity index is 1060. The third-order valence-corrected chi connectivity index (χ3v) is 6.75. The number of nitrogens with one attached hydrogen (secondary N) is 1. The molecule has 0 aliphatic carbocycles. The van der Waals surface area contributed by atoms with Crippen LogP contribution in [0, 0.1) is 0 Å². The maximum atomic E-state index is 13.2. The summed E-state index contributed by atoms with van der Waals surface area (Å²) in [7, 11) is -3.75. The SMILES string of the molecule is O=C(NCc1ccco1)[C@@H]1CCCN1S(=O)(=O)c1ccc2ccccc2c1. The molecule has 0 spiro atoms. The predicted octanol–water partition coefficient (Wildman–Crippen LogP) is 2.90. The highest BCUT2D eigenvalue weighted by Crippen LogP contribution is 2.28. The molecular weight excluding hydrogens is 364 g/mol. The molecule has 2 aromatic carbocycles. The van der Waals surface area contributed by atoms with E-state index in [4.69, 9.17) is 4.42 Å². The average Bonchev–Trinajstić information content (AvgIpc) is 3.37. The Labute approximate surface area is 157 Å². The molecule has 0 radical (unpaired) electrons. The minimum absolute atomic E-state index is 0.215. The van der Waals surface area contributed by atoms with Crippen molar-refractivity contribution in [3.63, 3.8) is 0 Å². The fourth-order valence-electron chi connectivity index (χ4n) is 3.46. The lowest BCUT2D eigenvalue weighted by Gasteiger charge is -2.23. The van der Waals surface area contributed by atoms with Crippen LogP contribution in [0.2, 0.25) is 0 Å². The Balaban J connectivity index is 1.56. The van der Waals surface area contributed by atoms with Crippen LogP contribution in [-0.2, 0) is 21.4 Å². The van der Waals surface area contributed by atoms with Gasteiger partial charge < -0.3 is 9.73 Å². The first-order valence-corrected chi connectivity index (χ1v) is 10.3. The van der Waals surface area contributed by atoms with E-state index < -0.39 is 16.1 Å². The number of fused-ring (bicyclic) bond motifs is 1. The standard InChI is InChI=1S/C20H20N2O4S/c23-20(21-14-17-7-4-12-26-17)19-8-3-11-22(19)27(24,25)18-10-9-15-5-1-2-6-16(15)13-18/h1-2,4-7,9-10,12-13,19H,3,8,11,14H2,(H,21,23)/t19-/m0/s1. The lowest BCUT2D eigenvalue weighted by Crippen LogP contribution is -2.45. The van der Waals surface area contributed by atoms with Gasteiger partial charge in [-0.1, -0.05) is 30.3 Å². The van der Waals surface area contributed by atoms with Crippen molar-refractivity contribution < 1.29 is 17.6 Å². The molecule has 1 atom stereocenters. The molecule has 3 aromatic rings. The van der Waals surface area contributed by atoms with Gasteiger partial charge in [0.05, 0.1) is 17.7 Å². The first-order valence-electron chi connectivity index (χ1n) is 8.86. The summed E-state index contributed by atoms with van der Waals surface area (Å²) in [5.74, 6) is 0.332. The van der Waals surface area contributed by atoms with Crippen molar-refractivity contribution in [3.8, 4) is 0 Å². The third-order valence-electron chi connectivity index (χ3n) is 4.85. The van der Waals surface area contributed by atoms with Gasteiger partial charge in [0.1, 0.15) is 11.8 Å². The minimum atomic E-state index is -3.75. The van der Waals surface area contributed by atoms with Crippen molar-refractivity contribution in [2.24, 2.45) is 0 Å². The molecule has 1 aliphatic rings. The summed E-state index contributed by atoms with van der Waals surface area (Å²) in [6.07, 6.45) is 2.70. The van der Waals surface area contributed by atoms with Crippen LogP contribution < -0.4 is 5.32 Å². The summed E-state index contributed by atoms with van der Waals surface area (Å²) < 4.78 is 32.8. The monoisotopic (exact) mass is 384 g/mol. The van der Waals surface area contributed by atoms with Gasteiger partial charge in [-0.05, 0) is 47.9 Å². The number of sulfonamides is 1. The first-order chi connectivity index (χ1) is 13.1. The summed E-state index contributed by atoms with van der Waals surface area (Å²) in [4.78, 5) is 12.8. The Morgan fingerprint density at radius 1 is 1.11 bits per heavy atom. The smallest absolute Gasteiger partial charge is 0.243 e. The molecule has 1 amide bonds. The lowest BCUT2D eigenvalue weighted by atomic mass is 10.1. The average molecular weight is 384 g/mol. The molecule has 1 aromatic heterocycles. The van der Waals surface area contributed by atoms with Gasteiger partial charge in [0, 0.05) is 6.54 Å². The number of carbonyl (C=O) groups excluding carboxylic acids is 1. The summed E-state index contributed by atoms with van der Waals surface area (Å²) in [5, 5.41) is 4.61. The molecule has 0 saturated carbocycles. The number of rotatable bonds is 5. The molecule has 6 nitrogen and oxygen atoms in total. The van der Waals surface area contributed by atoms with E-state index in [0.29, 0.717) is 25.1 Å². The molecule has 7 heteroatoms. The minimum Gasteiger partial charge on any atom is -0.467 e. The number of carbonyl (C=O) groups is 1. The Kier molecular flexibility index (Phi) is 4.72. The van der Waals surface area contributed by atoms with E-state index in [1.54, 1.807) is 30.3 Å². The van der Waals surface area contributed by atoms with E-state index >= 15 is 0 Å². The van der Waals surface area contributed by atoms with Crippen molar-refractivity contribution in [1.29, 1.82) is 0 Å². The fourth-order valence-corrected chi connectivity index (χ4v) is 5.15. The largest absolute Gasteiger partial charge is 0.467 e. The summed E-state index contributed by atoms with van der Waals surface area (Å²) in [6, 6.07) is 15.5. The highest BCUT2D eigenvalue weighted by molar-refractivity contribution is 7.89. The highest BCUT2D eigenvalue weighted by Gasteiger charge is 2.39. The summed E-state index contributed by atoms with van der Waals surface area (Å²) in [5.41, 5.74) is 0. The van der Waals surface area contributed by atoms with Crippen LogP contribution >= 0.6 is 0 Å². The summed E-state index contributed by atoms with van der Waals surface area (Å²) in [6.45, 7) is 0.584. The third kappa shape index (κ3) is 3.48. The Morgan fingerprint density at radius 2 is 1.93 bits per heavy atom. The van der Waals surface area contributed by atoms with Crippen LogP contribution in [0.3, 0.4) is 0 Å². The van der Waals surface area contributed by atoms with E-state index in [2.05, 4.69) is 5.32 Å². The molecule has 1 fully saturated rings. The molecule has 4 rings (SSSR count). The quantitative estimate of drug-likeness (QED) is 0.734. The number of amides is 1. The number of hydrogen-bond donors (Lipinski definition) is 1. The van der Waals surface area contributed by atoms with Crippen LogP contribution in [-0.4, -0.2) is 31.2 Å². The second kappa shape index (κ2) is 7.17. The molecule has 0 bridgehead atoms. The zero-order chi connectivity index (χ0) is 18.9. The van der Waals surface area contributed by atoms with E-state index in [1.165, 1.54) is 10.6 Å². The molecule has 0 unspecified atom stereocenters. The maximum absolute atomic E-state index is 13.2. The lowest BCUT2D eigenvalue weighted by molar-refractivity contribution is -0.124. The molecule has 1 N–H and O–H groups in total.